The Morgan fingerprint density at radius 1 is 1.64 bits per heavy atom. The number of carbonyl (C=O) groups excluding carboxylic acids is 1. The van der Waals surface area contributed by atoms with Crippen LogP contribution < -0.4 is 5.32 Å². The van der Waals surface area contributed by atoms with E-state index >= 15 is 0 Å². The van der Waals surface area contributed by atoms with Crippen molar-refractivity contribution in [2.75, 3.05) is 20.3 Å². The molecule has 0 bridgehead atoms. The summed E-state index contributed by atoms with van der Waals surface area (Å²) in [5.74, 6) is 0.265. The quantitative estimate of drug-likeness (QED) is 0.703. The van der Waals surface area contributed by atoms with Gasteiger partial charge in [0.05, 0.1) is 0 Å². The number of ether oxygens (including phenoxy) is 1. The Balaban J connectivity index is 2.81. The van der Waals surface area contributed by atoms with E-state index in [-0.39, 0.29) is 11.9 Å². The molecule has 1 fully saturated rings. The minimum Gasteiger partial charge on any atom is -0.385 e. The highest BCUT2D eigenvalue weighted by atomic mass is 16.5. The van der Waals surface area contributed by atoms with Crippen LogP contribution in [0.25, 0.3) is 0 Å². The van der Waals surface area contributed by atoms with Gasteiger partial charge in [0.2, 0.25) is 0 Å². The molecule has 1 aliphatic rings. The van der Waals surface area contributed by atoms with E-state index in [1.54, 1.807) is 12.0 Å². The number of hydrogen-bond donors (Lipinski definition) is 2. The van der Waals surface area contributed by atoms with Crippen LogP contribution in [-0.4, -0.2) is 42.6 Å². The normalized spacial score (nSPS) is 26.9. The van der Waals surface area contributed by atoms with Crippen LogP contribution in [-0.2, 0) is 4.74 Å². The zero-order valence-electron chi connectivity index (χ0n) is 8.89. The number of amides is 2. The number of carbonyl (C=O) groups is 1. The van der Waals surface area contributed by atoms with Crippen molar-refractivity contribution in [3.63, 3.8) is 0 Å². The molecule has 0 aromatic rings. The molecule has 1 rings (SSSR count). The lowest BCUT2D eigenvalue weighted by molar-refractivity contribution is 0.136. The standard InChI is InChI=1S/C9H17N3O2/c1-4-12-8(13)11-7(10)9(12,2)5-6-14-3/h4-6H2,1-3H3,(H2,10,11,13). The van der Waals surface area contributed by atoms with E-state index in [1.165, 1.54) is 0 Å². The maximum absolute atomic E-state index is 11.4. The van der Waals surface area contributed by atoms with Gasteiger partial charge in [-0.1, -0.05) is 0 Å². The monoisotopic (exact) mass is 199 g/mol. The molecular weight excluding hydrogens is 182 g/mol. The molecule has 0 aliphatic carbocycles. The highest BCUT2D eigenvalue weighted by Gasteiger charge is 2.45. The zero-order chi connectivity index (χ0) is 10.8. The molecule has 1 atom stereocenters. The number of rotatable bonds is 4. The third-order valence-corrected chi connectivity index (χ3v) is 2.72. The maximum Gasteiger partial charge on any atom is 0.323 e. The van der Waals surface area contributed by atoms with Gasteiger partial charge < -0.3 is 9.64 Å². The van der Waals surface area contributed by atoms with Crippen molar-refractivity contribution in [2.45, 2.75) is 25.8 Å². The third kappa shape index (κ3) is 1.59. The average Bonchev–Trinajstić information content (AvgIpc) is 2.35. The van der Waals surface area contributed by atoms with Crippen molar-refractivity contribution < 1.29 is 9.53 Å². The summed E-state index contributed by atoms with van der Waals surface area (Å²) in [6.07, 6.45) is 0.648. The summed E-state index contributed by atoms with van der Waals surface area (Å²) < 4.78 is 4.98. The number of methoxy groups -OCH3 is 1. The smallest absolute Gasteiger partial charge is 0.323 e. The number of nitrogens with zero attached hydrogens (tertiary/aromatic N) is 1. The van der Waals surface area contributed by atoms with Gasteiger partial charge in [-0.25, -0.2) is 4.79 Å². The summed E-state index contributed by atoms with van der Waals surface area (Å²) in [6, 6.07) is -0.184. The van der Waals surface area contributed by atoms with Gasteiger partial charge in [-0.3, -0.25) is 10.7 Å². The van der Waals surface area contributed by atoms with Crippen molar-refractivity contribution in [1.82, 2.24) is 10.2 Å². The number of likely N-dealkylation sites (N-methyl/N-ethyl adjacent to an activating group) is 1. The second kappa shape index (κ2) is 3.96. The Kier molecular flexibility index (Phi) is 3.10. The molecule has 0 aromatic carbocycles. The van der Waals surface area contributed by atoms with E-state index < -0.39 is 5.54 Å². The fourth-order valence-corrected chi connectivity index (χ4v) is 1.72. The zero-order valence-corrected chi connectivity index (χ0v) is 8.89. The Morgan fingerprint density at radius 2 is 2.29 bits per heavy atom. The summed E-state index contributed by atoms with van der Waals surface area (Å²) in [7, 11) is 1.62. The largest absolute Gasteiger partial charge is 0.385 e. The first-order chi connectivity index (χ1) is 6.56. The third-order valence-electron chi connectivity index (χ3n) is 2.72. The highest BCUT2D eigenvalue weighted by molar-refractivity contribution is 6.08. The van der Waals surface area contributed by atoms with Crippen molar-refractivity contribution >= 4 is 11.9 Å². The van der Waals surface area contributed by atoms with Crippen molar-refractivity contribution in [3.05, 3.63) is 0 Å². The van der Waals surface area contributed by atoms with Crippen LogP contribution in [0.3, 0.4) is 0 Å². The van der Waals surface area contributed by atoms with E-state index in [4.69, 9.17) is 10.1 Å². The van der Waals surface area contributed by atoms with Gasteiger partial charge in [0.25, 0.3) is 0 Å². The Morgan fingerprint density at radius 3 is 2.79 bits per heavy atom. The summed E-state index contributed by atoms with van der Waals surface area (Å²) in [4.78, 5) is 13.1. The van der Waals surface area contributed by atoms with Gasteiger partial charge >= 0.3 is 6.03 Å². The fraction of sp³-hybridized carbons (Fsp3) is 0.778. The van der Waals surface area contributed by atoms with E-state index in [1.807, 2.05) is 13.8 Å². The lowest BCUT2D eigenvalue weighted by Gasteiger charge is -2.32. The number of amidine groups is 1. The first kappa shape index (κ1) is 11.0. The Labute approximate surface area is 83.9 Å². The molecule has 1 unspecified atom stereocenters. The topological polar surface area (TPSA) is 65.4 Å². The van der Waals surface area contributed by atoms with E-state index in [9.17, 15) is 4.79 Å². The summed E-state index contributed by atoms with van der Waals surface area (Å²) in [6.45, 7) is 4.94. The van der Waals surface area contributed by atoms with Crippen LogP contribution in [0.4, 0.5) is 4.79 Å². The second-order valence-electron chi connectivity index (χ2n) is 3.57. The van der Waals surface area contributed by atoms with E-state index in [0.717, 1.165) is 0 Å². The first-order valence-corrected chi connectivity index (χ1v) is 4.73. The molecular formula is C9H17N3O2. The molecule has 1 aliphatic heterocycles. The second-order valence-corrected chi connectivity index (χ2v) is 3.57. The SMILES string of the molecule is CCN1C(=O)NC(=N)C1(C)CCOC. The van der Waals surface area contributed by atoms with Crippen LogP contribution in [0.5, 0.6) is 0 Å². The Hall–Kier alpha value is -1.10. The Bertz CT molecular complexity index is 254. The van der Waals surface area contributed by atoms with Crippen molar-refractivity contribution in [1.29, 1.82) is 5.41 Å². The van der Waals surface area contributed by atoms with Gasteiger partial charge in [-0.05, 0) is 13.8 Å². The van der Waals surface area contributed by atoms with Gasteiger partial charge in [0.1, 0.15) is 11.4 Å². The molecule has 5 nitrogen and oxygen atoms in total. The highest BCUT2D eigenvalue weighted by Crippen LogP contribution is 2.24. The van der Waals surface area contributed by atoms with Gasteiger partial charge in [0, 0.05) is 26.7 Å². The van der Waals surface area contributed by atoms with Crippen LogP contribution in [0.1, 0.15) is 20.3 Å². The lowest BCUT2D eigenvalue weighted by Crippen LogP contribution is -2.47. The molecule has 0 saturated carbocycles. The molecule has 1 heterocycles. The van der Waals surface area contributed by atoms with Crippen molar-refractivity contribution in [3.8, 4) is 0 Å². The molecule has 2 amide bonds. The van der Waals surface area contributed by atoms with Gasteiger partial charge in [-0.2, -0.15) is 0 Å². The minimum atomic E-state index is -0.526. The first-order valence-electron chi connectivity index (χ1n) is 4.73. The predicted molar refractivity (Wildman–Crippen MR) is 53.5 cm³/mol. The summed E-state index contributed by atoms with van der Waals surface area (Å²) >= 11 is 0. The van der Waals surface area contributed by atoms with Gasteiger partial charge in [-0.15, -0.1) is 0 Å². The predicted octanol–water partition coefficient (Wildman–Crippen LogP) is 0.804. The minimum absolute atomic E-state index is 0.184. The van der Waals surface area contributed by atoms with Crippen LogP contribution in [0, 0.1) is 5.41 Å². The lowest BCUT2D eigenvalue weighted by atomic mass is 9.96. The van der Waals surface area contributed by atoms with Crippen molar-refractivity contribution in [2.24, 2.45) is 0 Å². The molecule has 14 heavy (non-hydrogen) atoms. The summed E-state index contributed by atoms with van der Waals surface area (Å²) in [5.41, 5.74) is -0.526. The summed E-state index contributed by atoms with van der Waals surface area (Å²) in [5, 5.41) is 10.2. The number of urea groups is 1. The molecule has 5 heteroatoms. The molecule has 0 aromatic heterocycles. The molecule has 1 saturated heterocycles. The maximum atomic E-state index is 11.4. The fourth-order valence-electron chi connectivity index (χ4n) is 1.72. The number of hydrogen-bond acceptors (Lipinski definition) is 3. The molecule has 80 valence electrons. The van der Waals surface area contributed by atoms with Crippen LogP contribution >= 0.6 is 0 Å². The molecule has 0 radical (unpaired) electrons. The van der Waals surface area contributed by atoms with Crippen LogP contribution in [0.15, 0.2) is 0 Å². The molecule has 2 N–H and O–H groups in total. The number of nitrogens with one attached hydrogen (secondary N) is 2. The van der Waals surface area contributed by atoms with Crippen LogP contribution in [0.2, 0.25) is 0 Å². The van der Waals surface area contributed by atoms with Gasteiger partial charge in [0.15, 0.2) is 0 Å². The average molecular weight is 199 g/mol. The van der Waals surface area contributed by atoms with E-state index in [0.29, 0.717) is 19.6 Å². The van der Waals surface area contributed by atoms with E-state index in [2.05, 4.69) is 5.32 Å². The molecule has 0 spiro atoms.